The van der Waals surface area contributed by atoms with E-state index in [2.05, 4.69) is 10.9 Å². The van der Waals surface area contributed by atoms with E-state index < -0.39 is 0 Å². The molecular weight excluding hydrogens is 226 g/mol. The van der Waals surface area contributed by atoms with Gasteiger partial charge in [-0.3, -0.25) is 0 Å². The van der Waals surface area contributed by atoms with Crippen LogP contribution in [0.4, 0.5) is 5.82 Å². The maximum atomic E-state index is 6.10. The molecule has 0 saturated carbocycles. The average molecular weight is 241 g/mol. The average Bonchev–Trinajstić information content (AvgIpc) is 2.67. The Morgan fingerprint density at radius 1 is 1.44 bits per heavy atom. The number of methoxy groups -OCH3 is 1. The Morgan fingerprint density at radius 2 is 2.17 bits per heavy atom. The molecule has 0 atom stereocenters. The smallest absolute Gasteiger partial charge is 0.132 e. The zero-order valence-electron chi connectivity index (χ0n) is 10.5. The van der Waals surface area contributed by atoms with Crippen LogP contribution in [0.15, 0.2) is 24.3 Å². The highest BCUT2D eigenvalue weighted by molar-refractivity contribution is 5.76. The molecule has 0 amide bonds. The van der Waals surface area contributed by atoms with Crippen molar-refractivity contribution in [3.8, 4) is 29.4 Å². The minimum absolute atomic E-state index is 0.416. The molecule has 0 saturated heterocycles. The van der Waals surface area contributed by atoms with Gasteiger partial charge in [-0.05, 0) is 19.1 Å². The highest BCUT2D eigenvalue weighted by atomic mass is 16.5. The molecule has 1 heterocycles. The van der Waals surface area contributed by atoms with Crippen molar-refractivity contribution in [3.63, 3.8) is 0 Å². The Bertz CT molecular complexity index is 608. The highest BCUT2D eigenvalue weighted by Crippen LogP contribution is 2.33. The molecule has 92 valence electrons. The molecule has 0 aliphatic rings. The molecule has 2 N–H and O–H groups in total. The molecule has 0 fully saturated rings. The molecule has 0 radical (unpaired) electrons. The topological polar surface area (TPSA) is 53.1 Å². The van der Waals surface area contributed by atoms with Gasteiger partial charge in [0.05, 0.1) is 13.7 Å². The van der Waals surface area contributed by atoms with E-state index in [9.17, 15) is 0 Å². The van der Waals surface area contributed by atoms with Crippen LogP contribution in [-0.2, 0) is 6.54 Å². The summed E-state index contributed by atoms with van der Waals surface area (Å²) >= 11 is 0. The van der Waals surface area contributed by atoms with Crippen molar-refractivity contribution in [3.05, 3.63) is 30.1 Å². The van der Waals surface area contributed by atoms with Crippen molar-refractivity contribution in [2.24, 2.45) is 0 Å². The lowest BCUT2D eigenvalue weighted by Crippen LogP contribution is -2.03. The first-order valence-electron chi connectivity index (χ1n) is 5.58. The molecule has 1 aromatic heterocycles. The zero-order valence-corrected chi connectivity index (χ0v) is 10.5. The number of aryl methyl sites for hydroxylation is 1. The summed E-state index contributed by atoms with van der Waals surface area (Å²) in [5, 5.41) is 0. The van der Waals surface area contributed by atoms with Gasteiger partial charge in [0.15, 0.2) is 0 Å². The number of hydrogen-bond acceptors (Lipinski definition) is 3. The molecular formula is C14H15N3O. The summed E-state index contributed by atoms with van der Waals surface area (Å²) in [7, 11) is 1.63. The molecule has 4 nitrogen and oxygen atoms in total. The van der Waals surface area contributed by atoms with Crippen molar-refractivity contribution in [1.29, 1.82) is 0 Å². The first kappa shape index (κ1) is 12.1. The Morgan fingerprint density at radius 3 is 2.83 bits per heavy atom. The third-order valence-corrected chi connectivity index (χ3v) is 2.81. The first-order chi connectivity index (χ1) is 8.69. The van der Waals surface area contributed by atoms with Gasteiger partial charge in [-0.15, -0.1) is 6.42 Å². The lowest BCUT2D eigenvalue weighted by atomic mass is 10.1. The summed E-state index contributed by atoms with van der Waals surface area (Å²) in [5.74, 6) is 4.68. The van der Waals surface area contributed by atoms with E-state index in [1.165, 1.54) is 0 Å². The number of nitrogens with zero attached hydrogens (tertiary/aromatic N) is 2. The SMILES string of the molecule is C#CCn1c(C)nc(-c2ccccc2OC)c1N. The normalized spacial score (nSPS) is 10.1. The van der Waals surface area contributed by atoms with Crippen molar-refractivity contribution >= 4 is 5.82 Å². The largest absolute Gasteiger partial charge is 0.496 e. The van der Waals surface area contributed by atoms with Crippen LogP contribution in [0.2, 0.25) is 0 Å². The third-order valence-electron chi connectivity index (χ3n) is 2.81. The number of hydrogen-bond donors (Lipinski definition) is 1. The van der Waals surface area contributed by atoms with Crippen LogP contribution in [0.3, 0.4) is 0 Å². The maximum Gasteiger partial charge on any atom is 0.132 e. The van der Waals surface area contributed by atoms with Crippen molar-refractivity contribution in [2.75, 3.05) is 12.8 Å². The van der Waals surface area contributed by atoms with Crippen molar-refractivity contribution < 1.29 is 4.74 Å². The van der Waals surface area contributed by atoms with Gasteiger partial charge in [-0.2, -0.15) is 0 Å². The minimum Gasteiger partial charge on any atom is -0.496 e. The van der Waals surface area contributed by atoms with E-state index in [1.54, 1.807) is 7.11 Å². The molecule has 0 aliphatic heterocycles. The van der Waals surface area contributed by atoms with Gasteiger partial charge in [0.1, 0.15) is 23.1 Å². The Kier molecular flexibility index (Phi) is 3.24. The van der Waals surface area contributed by atoms with Gasteiger partial charge in [0.2, 0.25) is 0 Å². The van der Waals surface area contributed by atoms with E-state index in [-0.39, 0.29) is 0 Å². The van der Waals surface area contributed by atoms with Crippen LogP contribution in [0.25, 0.3) is 11.3 Å². The number of rotatable bonds is 3. The number of nitrogens with two attached hydrogens (primary N) is 1. The first-order valence-corrected chi connectivity index (χ1v) is 5.58. The lowest BCUT2D eigenvalue weighted by Gasteiger charge is -2.07. The van der Waals surface area contributed by atoms with Gasteiger partial charge < -0.3 is 15.0 Å². The number of aromatic nitrogens is 2. The molecule has 0 bridgehead atoms. The maximum absolute atomic E-state index is 6.10. The lowest BCUT2D eigenvalue weighted by molar-refractivity contribution is 0.416. The molecule has 1 aromatic carbocycles. The summed E-state index contributed by atoms with van der Waals surface area (Å²) in [6.07, 6.45) is 5.32. The Balaban J connectivity index is 2.59. The highest BCUT2D eigenvalue weighted by Gasteiger charge is 2.15. The molecule has 2 rings (SSSR count). The van der Waals surface area contributed by atoms with Crippen LogP contribution in [0, 0.1) is 19.3 Å². The predicted octanol–water partition coefficient (Wildman–Crippen LogP) is 2.08. The summed E-state index contributed by atoms with van der Waals surface area (Å²) < 4.78 is 7.13. The van der Waals surface area contributed by atoms with E-state index >= 15 is 0 Å². The third kappa shape index (κ3) is 1.91. The number of para-hydroxylation sites is 1. The Labute approximate surface area is 106 Å². The number of ether oxygens (including phenoxy) is 1. The molecule has 2 aromatic rings. The summed E-state index contributed by atoms with van der Waals surface area (Å²) in [6.45, 7) is 2.30. The Hall–Kier alpha value is -2.41. The molecule has 0 unspecified atom stereocenters. The number of nitrogen functional groups attached to an aromatic ring is 1. The van der Waals surface area contributed by atoms with E-state index in [1.807, 2.05) is 35.8 Å². The summed E-state index contributed by atoms with van der Waals surface area (Å²) in [5.41, 5.74) is 7.68. The van der Waals surface area contributed by atoms with Crippen LogP contribution in [0.1, 0.15) is 5.82 Å². The second-order valence-electron chi connectivity index (χ2n) is 3.88. The van der Waals surface area contributed by atoms with Crippen LogP contribution in [-0.4, -0.2) is 16.7 Å². The monoisotopic (exact) mass is 241 g/mol. The van der Waals surface area contributed by atoms with E-state index in [0.29, 0.717) is 18.1 Å². The van der Waals surface area contributed by atoms with Crippen LogP contribution in [0.5, 0.6) is 5.75 Å². The quantitative estimate of drug-likeness (QED) is 0.837. The fraction of sp³-hybridized carbons (Fsp3) is 0.214. The minimum atomic E-state index is 0.416. The number of imidazole rings is 1. The van der Waals surface area contributed by atoms with Crippen molar-refractivity contribution in [1.82, 2.24) is 9.55 Å². The second-order valence-corrected chi connectivity index (χ2v) is 3.88. The van der Waals surface area contributed by atoms with Gasteiger partial charge >= 0.3 is 0 Å². The van der Waals surface area contributed by atoms with E-state index in [4.69, 9.17) is 16.9 Å². The van der Waals surface area contributed by atoms with Gasteiger partial charge in [0.25, 0.3) is 0 Å². The van der Waals surface area contributed by atoms with Gasteiger partial charge in [-0.25, -0.2) is 4.98 Å². The molecule has 0 aliphatic carbocycles. The van der Waals surface area contributed by atoms with Crippen LogP contribution < -0.4 is 10.5 Å². The number of anilines is 1. The second kappa shape index (κ2) is 4.84. The molecule has 4 heteroatoms. The number of benzene rings is 1. The fourth-order valence-electron chi connectivity index (χ4n) is 1.91. The fourth-order valence-corrected chi connectivity index (χ4v) is 1.91. The van der Waals surface area contributed by atoms with Gasteiger partial charge in [0, 0.05) is 5.56 Å². The standard InChI is InChI=1S/C14H15N3O/c1-4-9-17-10(2)16-13(14(17)15)11-7-5-6-8-12(11)18-3/h1,5-8H,9,15H2,2-3H3. The van der Waals surface area contributed by atoms with Crippen molar-refractivity contribution in [2.45, 2.75) is 13.5 Å². The predicted molar refractivity (Wildman–Crippen MR) is 72.2 cm³/mol. The summed E-state index contributed by atoms with van der Waals surface area (Å²) in [4.78, 5) is 4.47. The summed E-state index contributed by atoms with van der Waals surface area (Å²) in [6, 6.07) is 7.64. The zero-order chi connectivity index (χ0) is 13.1. The van der Waals surface area contributed by atoms with Gasteiger partial charge in [-0.1, -0.05) is 18.1 Å². The van der Waals surface area contributed by atoms with E-state index in [0.717, 1.165) is 17.1 Å². The molecule has 18 heavy (non-hydrogen) atoms. The molecule has 0 spiro atoms. The van der Waals surface area contributed by atoms with Crippen LogP contribution >= 0.6 is 0 Å². The number of terminal acetylenes is 1.